The molecule has 1 saturated carbocycles. The first-order chi connectivity index (χ1) is 15.4. The number of aromatic nitrogens is 4. The van der Waals surface area contributed by atoms with Crippen molar-refractivity contribution in [1.29, 1.82) is 0 Å². The molecule has 0 unspecified atom stereocenters. The van der Waals surface area contributed by atoms with Gasteiger partial charge in [-0.1, -0.05) is 25.3 Å². The van der Waals surface area contributed by atoms with Gasteiger partial charge in [-0.25, -0.2) is 9.78 Å². The summed E-state index contributed by atoms with van der Waals surface area (Å²) in [5.74, 6) is -0.0138. The Morgan fingerprint density at radius 1 is 1.38 bits per heavy atom. The van der Waals surface area contributed by atoms with Gasteiger partial charge in [0, 0.05) is 19.0 Å². The first-order valence-corrected chi connectivity index (χ1v) is 11.7. The number of hydrogen-bond acceptors (Lipinski definition) is 7. The predicted octanol–water partition coefficient (Wildman–Crippen LogP) is 2.71. The molecule has 4 rings (SSSR count). The molecule has 12 heteroatoms. The molecule has 2 N–H and O–H groups in total. The fourth-order valence-electron chi connectivity index (χ4n) is 4.38. The van der Waals surface area contributed by atoms with Gasteiger partial charge in [0.2, 0.25) is 5.91 Å². The molecule has 0 radical (unpaired) electrons. The molecule has 0 atom stereocenters. The number of nitrogens with zero attached hydrogens (tertiary/aromatic N) is 5. The molecule has 2 fully saturated rings. The van der Waals surface area contributed by atoms with Crippen molar-refractivity contribution in [1.82, 2.24) is 29.5 Å². The highest BCUT2D eigenvalue weighted by Crippen LogP contribution is 2.39. The number of likely N-dealkylation sites (N-methyl/N-ethyl adjacent to an activating group) is 1. The minimum absolute atomic E-state index is 0.273. The topological polar surface area (TPSA) is 116 Å². The highest BCUT2D eigenvalue weighted by atomic mass is 32.1. The van der Waals surface area contributed by atoms with Crippen LogP contribution in [0.25, 0.3) is 0 Å². The summed E-state index contributed by atoms with van der Waals surface area (Å²) in [4.78, 5) is 45.3. The molecule has 0 bridgehead atoms. The van der Waals surface area contributed by atoms with E-state index in [1.807, 2.05) is 9.95 Å². The van der Waals surface area contributed by atoms with Crippen LogP contribution in [0, 0.1) is 4.77 Å². The summed E-state index contributed by atoms with van der Waals surface area (Å²) < 4.78 is 2.33. The van der Waals surface area contributed by atoms with Crippen LogP contribution >= 0.6 is 23.6 Å². The standard InChI is InChI=1S/C20H25N7O3S2/c1-3-9-26-14(23-24-18(26)31)10-13-12-32-17(21-13)22-15(28)11-27-16(29)20(25(2)19(27)30)7-5-4-6-8-20/h3,12H,1,4-11H2,2H3,(H,24,31)(H,21,22,28). The lowest BCUT2D eigenvalue weighted by atomic mass is 9.81. The number of anilines is 1. The summed E-state index contributed by atoms with van der Waals surface area (Å²) >= 11 is 6.49. The lowest BCUT2D eigenvalue weighted by molar-refractivity contribution is -0.136. The number of rotatable bonds is 7. The number of carbonyl (C=O) groups is 3. The van der Waals surface area contributed by atoms with Crippen LogP contribution in [0.15, 0.2) is 18.0 Å². The number of carbonyl (C=O) groups excluding carboxylic acids is 3. The maximum Gasteiger partial charge on any atom is 0.327 e. The Balaban J connectivity index is 1.40. The zero-order valence-corrected chi connectivity index (χ0v) is 19.4. The molecule has 10 nitrogen and oxygen atoms in total. The van der Waals surface area contributed by atoms with Crippen molar-refractivity contribution in [2.45, 2.75) is 50.6 Å². The smallest absolute Gasteiger partial charge is 0.313 e. The molecule has 0 aromatic carbocycles. The maximum atomic E-state index is 13.0. The van der Waals surface area contributed by atoms with Crippen molar-refractivity contribution in [3.63, 3.8) is 0 Å². The van der Waals surface area contributed by atoms with Crippen LogP contribution in [0.1, 0.15) is 43.6 Å². The van der Waals surface area contributed by atoms with Gasteiger partial charge >= 0.3 is 6.03 Å². The molecule has 2 aromatic rings. The van der Waals surface area contributed by atoms with Crippen LogP contribution in [-0.2, 0) is 22.6 Å². The predicted molar refractivity (Wildman–Crippen MR) is 122 cm³/mol. The second-order valence-electron chi connectivity index (χ2n) is 8.04. The van der Waals surface area contributed by atoms with Crippen LogP contribution in [0.4, 0.5) is 9.93 Å². The molecular formula is C20H25N7O3S2. The Kier molecular flexibility index (Phi) is 6.24. The van der Waals surface area contributed by atoms with E-state index >= 15 is 0 Å². The molecule has 2 aliphatic rings. The Bertz CT molecular complexity index is 1110. The van der Waals surface area contributed by atoms with Gasteiger partial charge in [0.15, 0.2) is 9.90 Å². The first-order valence-electron chi connectivity index (χ1n) is 10.4. The van der Waals surface area contributed by atoms with E-state index in [-0.39, 0.29) is 12.5 Å². The first kappa shape index (κ1) is 22.3. The number of urea groups is 1. The molecule has 1 spiro atoms. The number of allylic oxidation sites excluding steroid dienone is 1. The minimum atomic E-state index is -0.794. The van der Waals surface area contributed by atoms with Crippen molar-refractivity contribution in [2.75, 3.05) is 18.9 Å². The van der Waals surface area contributed by atoms with E-state index < -0.39 is 17.5 Å². The normalized spacial score (nSPS) is 17.9. The van der Waals surface area contributed by atoms with Gasteiger partial charge in [-0.15, -0.1) is 17.9 Å². The Morgan fingerprint density at radius 2 is 2.12 bits per heavy atom. The van der Waals surface area contributed by atoms with Gasteiger partial charge in [-0.3, -0.25) is 24.2 Å². The number of amides is 4. The zero-order chi connectivity index (χ0) is 22.9. The van der Waals surface area contributed by atoms with Gasteiger partial charge in [0.1, 0.15) is 17.9 Å². The Labute approximate surface area is 194 Å². The lowest BCUT2D eigenvalue weighted by Gasteiger charge is -2.35. The van der Waals surface area contributed by atoms with Gasteiger partial charge < -0.3 is 10.2 Å². The van der Waals surface area contributed by atoms with E-state index in [4.69, 9.17) is 12.2 Å². The Hall–Kier alpha value is -2.86. The summed E-state index contributed by atoms with van der Waals surface area (Å²) in [6, 6.07) is -0.420. The summed E-state index contributed by atoms with van der Waals surface area (Å²) in [5.41, 5.74) is -0.0726. The maximum absolute atomic E-state index is 13.0. The second kappa shape index (κ2) is 8.94. The van der Waals surface area contributed by atoms with E-state index in [9.17, 15) is 14.4 Å². The van der Waals surface area contributed by atoms with E-state index in [1.165, 1.54) is 16.2 Å². The zero-order valence-electron chi connectivity index (χ0n) is 17.8. The number of H-pyrrole nitrogens is 1. The van der Waals surface area contributed by atoms with E-state index in [2.05, 4.69) is 27.1 Å². The third kappa shape index (κ3) is 3.99. The van der Waals surface area contributed by atoms with Gasteiger partial charge in [0.25, 0.3) is 5.91 Å². The van der Waals surface area contributed by atoms with Crippen LogP contribution in [0.5, 0.6) is 0 Å². The van der Waals surface area contributed by atoms with E-state index in [1.54, 1.807) is 13.1 Å². The van der Waals surface area contributed by atoms with Crippen LogP contribution in [0.2, 0.25) is 0 Å². The van der Waals surface area contributed by atoms with Crippen molar-refractivity contribution < 1.29 is 14.4 Å². The Morgan fingerprint density at radius 3 is 2.84 bits per heavy atom. The highest BCUT2D eigenvalue weighted by Gasteiger charge is 2.55. The molecule has 1 aliphatic carbocycles. The van der Waals surface area contributed by atoms with Crippen LogP contribution in [-0.4, -0.2) is 66.5 Å². The number of imide groups is 1. The SMILES string of the molecule is C=CCn1c(Cc2csc(NC(=O)CN3C(=O)N(C)C4(CCCCC4)C3=O)n2)n[nH]c1=S. The number of hydrogen-bond donors (Lipinski definition) is 2. The van der Waals surface area contributed by atoms with Crippen LogP contribution < -0.4 is 5.32 Å². The average molecular weight is 476 g/mol. The third-order valence-electron chi connectivity index (χ3n) is 6.07. The van der Waals surface area contributed by atoms with Crippen molar-refractivity contribution in [3.05, 3.63) is 34.3 Å². The molecule has 170 valence electrons. The van der Waals surface area contributed by atoms with Crippen molar-refractivity contribution >= 4 is 46.5 Å². The fraction of sp³-hybridized carbons (Fsp3) is 0.500. The average Bonchev–Trinajstić information content (AvgIpc) is 3.41. The number of thiazole rings is 1. The number of aromatic amines is 1. The molecular weight excluding hydrogens is 450 g/mol. The summed E-state index contributed by atoms with van der Waals surface area (Å²) in [6.07, 6.45) is 6.33. The van der Waals surface area contributed by atoms with Crippen molar-refractivity contribution in [2.24, 2.45) is 0 Å². The molecule has 3 heterocycles. The minimum Gasteiger partial charge on any atom is -0.313 e. The summed E-state index contributed by atoms with van der Waals surface area (Å²) in [6.45, 7) is 3.93. The van der Waals surface area contributed by atoms with E-state index in [0.29, 0.717) is 41.5 Å². The molecule has 1 saturated heterocycles. The molecule has 1 aliphatic heterocycles. The fourth-order valence-corrected chi connectivity index (χ4v) is 5.34. The molecule has 2 aromatic heterocycles. The largest absolute Gasteiger partial charge is 0.327 e. The quantitative estimate of drug-likeness (QED) is 0.361. The second-order valence-corrected chi connectivity index (χ2v) is 9.28. The van der Waals surface area contributed by atoms with Gasteiger partial charge in [-0.2, -0.15) is 5.10 Å². The molecule has 32 heavy (non-hydrogen) atoms. The molecule has 4 amide bonds. The lowest BCUT2D eigenvalue weighted by Crippen LogP contribution is -2.49. The third-order valence-corrected chi connectivity index (χ3v) is 7.19. The monoisotopic (exact) mass is 475 g/mol. The highest BCUT2D eigenvalue weighted by molar-refractivity contribution is 7.71. The summed E-state index contributed by atoms with van der Waals surface area (Å²) in [5, 5.41) is 11.9. The van der Waals surface area contributed by atoms with Crippen molar-refractivity contribution in [3.8, 4) is 0 Å². The van der Waals surface area contributed by atoms with Crippen LogP contribution in [0.3, 0.4) is 0 Å². The van der Waals surface area contributed by atoms with E-state index in [0.717, 1.165) is 29.9 Å². The summed E-state index contributed by atoms with van der Waals surface area (Å²) in [7, 11) is 1.65. The van der Waals surface area contributed by atoms with Gasteiger partial charge in [0.05, 0.1) is 12.1 Å². The number of nitrogens with one attached hydrogen (secondary N) is 2. The van der Waals surface area contributed by atoms with Gasteiger partial charge in [-0.05, 0) is 25.1 Å².